The zero-order valence-corrected chi connectivity index (χ0v) is 8.31. The number of halogens is 1. The highest BCUT2D eigenvalue weighted by Crippen LogP contribution is 2.58. The molecular weight excluding hydrogens is 183 g/mol. The molecule has 1 aliphatic carbocycles. The maximum absolute atomic E-state index is 11.8. The van der Waals surface area contributed by atoms with Crippen molar-refractivity contribution in [2.24, 2.45) is 11.3 Å². The molecule has 1 saturated carbocycles. The van der Waals surface area contributed by atoms with E-state index < -0.39 is 6.67 Å². The molecule has 1 aliphatic heterocycles. The smallest absolute Gasteiger partial charge is 0.223 e. The van der Waals surface area contributed by atoms with Crippen molar-refractivity contribution in [3.63, 3.8) is 0 Å². The highest BCUT2D eigenvalue weighted by molar-refractivity contribution is 5.82. The van der Waals surface area contributed by atoms with E-state index in [9.17, 15) is 9.18 Å². The summed E-state index contributed by atoms with van der Waals surface area (Å²) in [6.45, 7) is 1.75. The van der Waals surface area contributed by atoms with Crippen molar-refractivity contribution >= 4 is 5.91 Å². The molecule has 2 fully saturated rings. The number of carbonyl (C=O) groups is 1. The SMILES string of the molecule is O=C(NCCF)C1CC12CCNCC2. The highest BCUT2D eigenvalue weighted by Gasteiger charge is 2.57. The van der Waals surface area contributed by atoms with Crippen LogP contribution in [0.5, 0.6) is 0 Å². The number of hydrogen-bond donors (Lipinski definition) is 2. The molecule has 3 nitrogen and oxygen atoms in total. The van der Waals surface area contributed by atoms with Crippen molar-refractivity contribution in [1.82, 2.24) is 10.6 Å². The number of carbonyl (C=O) groups excluding carboxylic acids is 1. The molecule has 0 aromatic carbocycles. The molecule has 80 valence electrons. The van der Waals surface area contributed by atoms with Crippen molar-refractivity contribution < 1.29 is 9.18 Å². The summed E-state index contributed by atoms with van der Waals surface area (Å²) in [7, 11) is 0. The first-order chi connectivity index (χ1) is 6.78. The number of alkyl halides is 1. The van der Waals surface area contributed by atoms with E-state index in [2.05, 4.69) is 10.6 Å². The molecule has 1 heterocycles. The van der Waals surface area contributed by atoms with Gasteiger partial charge in [0.25, 0.3) is 0 Å². The van der Waals surface area contributed by atoms with E-state index in [1.807, 2.05) is 0 Å². The van der Waals surface area contributed by atoms with Gasteiger partial charge in [-0.15, -0.1) is 0 Å². The molecule has 2 aliphatic rings. The number of hydrogen-bond acceptors (Lipinski definition) is 2. The second-order valence-corrected chi connectivity index (χ2v) is 4.35. The molecule has 14 heavy (non-hydrogen) atoms. The van der Waals surface area contributed by atoms with Crippen LogP contribution < -0.4 is 10.6 Å². The van der Waals surface area contributed by atoms with Crippen LogP contribution in [0.4, 0.5) is 4.39 Å². The summed E-state index contributed by atoms with van der Waals surface area (Å²) in [5.41, 5.74) is 0.269. The maximum Gasteiger partial charge on any atom is 0.223 e. The Balaban J connectivity index is 1.81. The molecule has 1 amide bonds. The summed E-state index contributed by atoms with van der Waals surface area (Å²) >= 11 is 0. The maximum atomic E-state index is 11.8. The summed E-state index contributed by atoms with van der Waals surface area (Å²) in [4.78, 5) is 11.5. The normalized spacial score (nSPS) is 28.8. The van der Waals surface area contributed by atoms with Crippen LogP contribution in [0.1, 0.15) is 19.3 Å². The van der Waals surface area contributed by atoms with E-state index in [1.165, 1.54) is 0 Å². The lowest BCUT2D eigenvalue weighted by Gasteiger charge is -2.23. The predicted molar refractivity (Wildman–Crippen MR) is 51.6 cm³/mol. The molecule has 0 radical (unpaired) electrons. The summed E-state index contributed by atoms with van der Waals surface area (Å²) in [5, 5.41) is 5.92. The van der Waals surface area contributed by atoms with Crippen molar-refractivity contribution in [2.45, 2.75) is 19.3 Å². The Bertz CT molecular complexity index is 226. The van der Waals surface area contributed by atoms with E-state index in [1.54, 1.807) is 0 Å². The third-order valence-electron chi connectivity index (χ3n) is 3.50. The summed E-state index contributed by atoms with van der Waals surface area (Å²) < 4.78 is 11.8. The minimum Gasteiger partial charge on any atom is -0.353 e. The molecular formula is C10H17FN2O. The largest absolute Gasteiger partial charge is 0.353 e. The Hall–Kier alpha value is -0.640. The fraction of sp³-hybridized carbons (Fsp3) is 0.900. The molecule has 1 spiro atoms. The van der Waals surface area contributed by atoms with E-state index in [0.717, 1.165) is 32.4 Å². The van der Waals surface area contributed by atoms with Gasteiger partial charge in [0.2, 0.25) is 5.91 Å². The average Bonchev–Trinajstić information content (AvgIpc) is 2.90. The van der Waals surface area contributed by atoms with E-state index >= 15 is 0 Å². The van der Waals surface area contributed by atoms with Crippen molar-refractivity contribution in [1.29, 1.82) is 0 Å². The predicted octanol–water partition coefficient (Wildman–Crippen LogP) is 0.462. The van der Waals surface area contributed by atoms with Crippen LogP contribution in [-0.4, -0.2) is 32.2 Å². The minimum atomic E-state index is -0.465. The lowest BCUT2D eigenvalue weighted by atomic mass is 9.92. The number of amides is 1. The molecule has 1 saturated heterocycles. The van der Waals surface area contributed by atoms with Crippen LogP contribution in [0.25, 0.3) is 0 Å². The topological polar surface area (TPSA) is 41.1 Å². The lowest BCUT2D eigenvalue weighted by molar-refractivity contribution is -0.123. The van der Waals surface area contributed by atoms with Gasteiger partial charge < -0.3 is 10.6 Å². The van der Waals surface area contributed by atoms with Gasteiger partial charge >= 0.3 is 0 Å². The number of rotatable bonds is 3. The lowest BCUT2D eigenvalue weighted by Crippen LogP contribution is -2.34. The average molecular weight is 200 g/mol. The van der Waals surface area contributed by atoms with Crippen LogP contribution in [0.2, 0.25) is 0 Å². The minimum absolute atomic E-state index is 0.0598. The third-order valence-corrected chi connectivity index (χ3v) is 3.50. The van der Waals surface area contributed by atoms with Crippen molar-refractivity contribution in [3.05, 3.63) is 0 Å². The monoisotopic (exact) mass is 200 g/mol. The zero-order valence-electron chi connectivity index (χ0n) is 8.31. The highest BCUT2D eigenvalue weighted by atomic mass is 19.1. The molecule has 2 rings (SSSR count). The van der Waals surface area contributed by atoms with Gasteiger partial charge in [0.05, 0.1) is 0 Å². The van der Waals surface area contributed by atoms with Crippen molar-refractivity contribution in [2.75, 3.05) is 26.3 Å². The van der Waals surface area contributed by atoms with Gasteiger partial charge in [-0.05, 0) is 37.8 Å². The van der Waals surface area contributed by atoms with Crippen LogP contribution in [-0.2, 0) is 4.79 Å². The molecule has 4 heteroatoms. The first kappa shape index (κ1) is 9.90. The number of nitrogens with one attached hydrogen (secondary N) is 2. The second kappa shape index (κ2) is 3.85. The molecule has 2 N–H and O–H groups in total. The Morgan fingerprint density at radius 1 is 1.50 bits per heavy atom. The van der Waals surface area contributed by atoms with Crippen molar-refractivity contribution in [3.8, 4) is 0 Å². The van der Waals surface area contributed by atoms with Crippen LogP contribution in [0.3, 0.4) is 0 Å². The molecule has 0 aromatic rings. The molecule has 0 bridgehead atoms. The van der Waals surface area contributed by atoms with Crippen LogP contribution in [0, 0.1) is 11.3 Å². The van der Waals surface area contributed by atoms with Gasteiger partial charge in [-0.1, -0.05) is 0 Å². The quantitative estimate of drug-likeness (QED) is 0.695. The third kappa shape index (κ3) is 1.75. The Morgan fingerprint density at radius 3 is 2.86 bits per heavy atom. The Kier molecular flexibility index (Phi) is 2.72. The van der Waals surface area contributed by atoms with Gasteiger partial charge in [-0.25, -0.2) is 4.39 Å². The summed E-state index contributed by atoms with van der Waals surface area (Å²) in [6.07, 6.45) is 3.20. The molecule has 1 unspecified atom stereocenters. The van der Waals surface area contributed by atoms with Gasteiger partial charge in [0.15, 0.2) is 0 Å². The molecule has 0 aromatic heterocycles. The van der Waals surface area contributed by atoms with Gasteiger partial charge in [0, 0.05) is 12.5 Å². The first-order valence-electron chi connectivity index (χ1n) is 5.33. The molecule has 1 atom stereocenters. The first-order valence-corrected chi connectivity index (χ1v) is 5.33. The second-order valence-electron chi connectivity index (χ2n) is 4.35. The fourth-order valence-corrected chi connectivity index (χ4v) is 2.49. The summed E-state index contributed by atoms with van der Waals surface area (Å²) in [6, 6.07) is 0. The van der Waals surface area contributed by atoms with Crippen LogP contribution in [0.15, 0.2) is 0 Å². The van der Waals surface area contributed by atoms with Gasteiger partial charge in [-0.3, -0.25) is 4.79 Å². The van der Waals surface area contributed by atoms with Crippen LogP contribution >= 0.6 is 0 Å². The number of piperidine rings is 1. The fourth-order valence-electron chi connectivity index (χ4n) is 2.49. The summed E-state index contributed by atoms with van der Waals surface area (Å²) in [5.74, 6) is 0.223. The zero-order chi connectivity index (χ0) is 10.0. The van der Waals surface area contributed by atoms with E-state index in [4.69, 9.17) is 0 Å². The van der Waals surface area contributed by atoms with Gasteiger partial charge in [0.1, 0.15) is 6.67 Å². The standard InChI is InChI=1S/C10H17FN2O/c11-3-6-13-9(14)8-7-10(8)1-4-12-5-2-10/h8,12H,1-7H2,(H,13,14). The van der Waals surface area contributed by atoms with E-state index in [-0.39, 0.29) is 23.8 Å². The Labute approximate surface area is 83.4 Å². The van der Waals surface area contributed by atoms with Gasteiger partial charge in [-0.2, -0.15) is 0 Å². The van der Waals surface area contributed by atoms with E-state index in [0.29, 0.717) is 0 Å². The Morgan fingerprint density at radius 2 is 2.21 bits per heavy atom.